The van der Waals surface area contributed by atoms with Crippen molar-refractivity contribution in [3.63, 3.8) is 0 Å². The van der Waals surface area contributed by atoms with Gasteiger partial charge in [-0.3, -0.25) is 0 Å². The molecular weight excluding hydrogens is 350 g/mol. The van der Waals surface area contributed by atoms with E-state index in [9.17, 15) is 8.78 Å². The van der Waals surface area contributed by atoms with Gasteiger partial charge >= 0.3 is 0 Å². The molecule has 0 saturated heterocycles. The van der Waals surface area contributed by atoms with Crippen molar-refractivity contribution in [1.29, 1.82) is 0 Å². The van der Waals surface area contributed by atoms with Crippen LogP contribution >= 0.6 is 11.8 Å². The normalized spacial score (nSPS) is 17.7. The maximum Gasteiger partial charge on any atom is 0.248 e. The SMILES string of the molecule is C=C(/C=C\C)n1cc(-c2ccc(SC)cc2)c(C2CCC(F)(F)CC2)n1. The van der Waals surface area contributed by atoms with E-state index in [1.165, 1.54) is 4.90 Å². The Labute approximate surface area is 158 Å². The molecule has 1 aliphatic carbocycles. The van der Waals surface area contributed by atoms with E-state index in [1.54, 1.807) is 16.4 Å². The average molecular weight is 375 g/mol. The van der Waals surface area contributed by atoms with Crippen LogP contribution in [0.5, 0.6) is 0 Å². The Balaban J connectivity index is 1.99. The Morgan fingerprint density at radius 1 is 1.27 bits per heavy atom. The van der Waals surface area contributed by atoms with Gasteiger partial charge in [-0.1, -0.05) is 24.8 Å². The zero-order chi connectivity index (χ0) is 18.7. The Bertz CT molecular complexity index is 796. The molecule has 0 unspecified atom stereocenters. The van der Waals surface area contributed by atoms with Crippen LogP contribution < -0.4 is 0 Å². The maximum absolute atomic E-state index is 13.6. The fraction of sp³-hybridized carbons (Fsp3) is 0.381. The summed E-state index contributed by atoms with van der Waals surface area (Å²) in [4.78, 5) is 1.19. The quantitative estimate of drug-likeness (QED) is 0.433. The smallest absolute Gasteiger partial charge is 0.241 e. The molecule has 0 aliphatic heterocycles. The first-order valence-electron chi connectivity index (χ1n) is 8.87. The first-order valence-corrected chi connectivity index (χ1v) is 10.1. The van der Waals surface area contributed by atoms with Crippen LogP contribution in [0.25, 0.3) is 16.8 Å². The Morgan fingerprint density at radius 3 is 2.50 bits per heavy atom. The second kappa shape index (κ2) is 7.78. The van der Waals surface area contributed by atoms with Crippen LogP contribution in [0.2, 0.25) is 0 Å². The summed E-state index contributed by atoms with van der Waals surface area (Å²) in [6, 6.07) is 8.31. The third-order valence-corrected chi connectivity index (χ3v) is 5.64. The lowest BCUT2D eigenvalue weighted by atomic mass is 9.83. The predicted octanol–water partition coefficient (Wildman–Crippen LogP) is 6.61. The van der Waals surface area contributed by atoms with Crippen molar-refractivity contribution in [3.05, 3.63) is 54.9 Å². The Morgan fingerprint density at radius 2 is 1.92 bits per heavy atom. The van der Waals surface area contributed by atoms with E-state index in [0.29, 0.717) is 12.8 Å². The highest BCUT2D eigenvalue weighted by Gasteiger charge is 2.37. The van der Waals surface area contributed by atoms with Gasteiger partial charge in [0.05, 0.1) is 11.4 Å². The standard InChI is InChI=1S/C21H24F2N2S/c1-4-5-15(2)25-14-19(16-6-8-18(26-3)9-7-16)20(24-25)17-10-12-21(22,23)13-11-17/h4-9,14,17H,2,10-13H2,1,3H3/b5-4-. The number of rotatable bonds is 5. The van der Waals surface area contributed by atoms with Crippen LogP contribution in [-0.2, 0) is 0 Å². The monoisotopic (exact) mass is 374 g/mol. The van der Waals surface area contributed by atoms with Gasteiger partial charge in [-0.15, -0.1) is 11.8 Å². The summed E-state index contributed by atoms with van der Waals surface area (Å²) >= 11 is 1.69. The molecule has 26 heavy (non-hydrogen) atoms. The van der Waals surface area contributed by atoms with Crippen molar-refractivity contribution in [2.45, 2.75) is 49.3 Å². The summed E-state index contributed by atoms with van der Waals surface area (Å²) in [6.07, 6.45) is 8.63. The van der Waals surface area contributed by atoms with E-state index in [4.69, 9.17) is 5.10 Å². The second-order valence-electron chi connectivity index (χ2n) is 6.72. The number of nitrogens with zero attached hydrogens (tertiary/aromatic N) is 2. The highest BCUT2D eigenvalue weighted by Crippen LogP contribution is 2.43. The first kappa shape index (κ1) is 18.9. The lowest BCUT2D eigenvalue weighted by Crippen LogP contribution is -2.24. The summed E-state index contributed by atoms with van der Waals surface area (Å²) < 4.78 is 28.9. The number of halogens is 2. The number of benzene rings is 1. The number of hydrogen-bond acceptors (Lipinski definition) is 2. The molecule has 138 valence electrons. The van der Waals surface area contributed by atoms with Gasteiger partial charge < -0.3 is 0 Å². The van der Waals surface area contributed by atoms with E-state index in [1.807, 2.05) is 31.5 Å². The van der Waals surface area contributed by atoms with Gasteiger partial charge in [-0.05, 0) is 49.8 Å². The number of allylic oxidation sites excluding steroid dienone is 3. The number of hydrogen-bond donors (Lipinski definition) is 0. The molecular formula is C21H24F2N2S. The fourth-order valence-electron chi connectivity index (χ4n) is 3.41. The van der Waals surface area contributed by atoms with Crippen LogP contribution in [0.3, 0.4) is 0 Å². The molecule has 1 aliphatic rings. The largest absolute Gasteiger partial charge is 0.248 e. The zero-order valence-corrected chi connectivity index (χ0v) is 16.0. The lowest BCUT2D eigenvalue weighted by Gasteiger charge is -2.27. The Hall–Kier alpha value is -1.88. The van der Waals surface area contributed by atoms with E-state index in [0.717, 1.165) is 22.5 Å². The third kappa shape index (κ3) is 4.09. The van der Waals surface area contributed by atoms with Crippen molar-refractivity contribution in [1.82, 2.24) is 9.78 Å². The van der Waals surface area contributed by atoms with Crippen LogP contribution in [0.1, 0.15) is 44.2 Å². The zero-order valence-electron chi connectivity index (χ0n) is 15.2. The van der Waals surface area contributed by atoms with E-state index in [-0.39, 0.29) is 18.8 Å². The van der Waals surface area contributed by atoms with Gasteiger partial charge in [-0.25, -0.2) is 13.5 Å². The second-order valence-corrected chi connectivity index (χ2v) is 7.60. The molecule has 0 radical (unpaired) electrons. The average Bonchev–Trinajstić information content (AvgIpc) is 3.07. The van der Waals surface area contributed by atoms with E-state index >= 15 is 0 Å². The minimum Gasteiger partial charge on any atom is -0.241 e. The first-order chi connectivity index (χ1) is 12.4. The molecule has 5 heteroatoms. The van der Waals surface area contributed by atoms with Gasteiger partial charge in [0.1, 0.15) is 0 Å². The summed E-state index contributed by atoms with van der Waals surface area (Å²) in [5, 5.41) is 4.73. The topological polar surface area (TPSA) is 17.8 Å². The van der Waals surface area contributed by atoms with Gasteiger partial charge in [0, 0.05) is 35.4 Å². The molecule has 0 N–H and O–H groups in total. The summed E-state index contributed by atoms with van der Waals surface area (Å²) in [7, 11) is 0. The predicted molar refractivity (Wildman–Crippen MR) is 106 cm³/mol. The van der Waals surface area contributed by atoms with Crippen molar-refractivity contribution in [2.24, 2.45) is 0 Å². The molecule has 1 aromatic carbocycles. The summed E-state index contributed by atoms with van der Waals surface area (Å²) in [5.74, 6) is -2.47. The highest BCUT2D eigenvalue weighted by molar-refractivity contribution is 7.98. The van der Waals surface area contributed by atoms with Gasteiger partial charge in [0.25, 0.3) is 0 Å². The van der Waals surface area contributed by atoms with Crippen molar-refractivity contribution < 1.29 is 8.78 Å². The number of aromatic nitrogens is 2. The van der Waals surface area contributed by atoms with Crippen LogP contribution in [-0.4, -0.2) is 22.0 Å². The molecule has 1 heterocycles. The van der Waals surface area contributed by atoms with Gasteiger partial charge in [-0.2, -0.15) is 5.10 Å². The molecule has 0 atom stereocenters. The van der Waals surface area contributed by atoms with Gasteiger partial charge in [0.2, 0.25) is 5.92 Å². The molecule has 1 fully saturated rings. The molecule has 0 spiro atoms. The highest BCUT2D eigenvalue weighted by atomic mass is 32.2. The molecule has 1 saturated carbocycles. The summed E-state index contributed by atoms with van der Waals surface area (Å²) in [5.41, 5.74) is 3.75. The van der Waals surface area contributed by atoms with Gasteiger partial charge in [0.15, 0.2) is 0 Å². The van der Waals surface area contributed by atoms with Crippen molar-refractivity contribution in [2.75, 3.05) is 6.26 Å². The van der Waals surface area contributed by atoms with Crippen LogP contribution in [0.15, 0.2) is 54.1 Å². The Kier molecular flexibility index (Phi) is 5.66. The fourth-order valence-corrected chi connectivity index (χ4v) is 3.82. The van der Waals surface area contributed by atoms with Crippen LogP contribution in [0.4, 0.5) is 8.78 Å². The molecule has 2 nitrogen and oxygen atoms in total. The van der Waals surface area contributed by atoms with E-state index in [2.05, 4.69) is 30.8 Å². The van der Waals surface area contributed by atoms with Crippen molar-refractivity contribution in [3.8, 4) is 11.1 Å². The third-order valence-electron chi connectivity index (χ3n) is 4.90. The maximum atomic E-state index is 13.6. The molecule has 3 rings (SSSR count). The minimum absolute atomic E-state index is 0.0597. The molecule has 2 aromatic rings. The van der Waals surface area contributed by atoms with E-state index < -0.39 is 5.92 Å². The lowest BCUT2D eigenvalue weighted by molar-refractivity contribution is -0.0384. The number of thioether (sulfide) groups is 1. The molecule has 0 amide bonds. The number of alkyl halides is 2. The van der Waals surface area contributed by atoms with Crippen molar-refractivity contribution >= 4 is 17.5 Å². The summed E-state index contributed by atoms with van der Waals surface area (Å²) in [6.45, 7) is 5.98. The molecule has 0 bridgehead atoms. The molecule has 1 aromatic heterocycles. The van der Waals surface area contributed by atoms with Crippen LogP contribution in [0, 0.1) is 0 Å². The minimum atomic E-state index is -2.53.